The summed E-state index contributed by atoms with van der Waals surface area (Å²) in [6, 6.07) is 6.99. The molecule has 4 aliphatic rings. The lowest BCUT2D eigenvalue weighted by molar-refractivity contribution is 0.0455. The Kier molecular flexibility index (Phi) is 5.50. The van der Waals surface area contributed by atoms with Gasteiger partial charge in [-0.15, -0.1) is 11.6 Å². The average molecular weight is 416 g/mol. The fraction of sp³-hybridized carbons (Fsp3) is 0.680. The maximum Gasteiger partial charge on any atom is 0.274 e. The Morgan fingerprint density at radius 3 is 2.39 bits per heavy atom. The van der Waals surface area contributed by atoms with E-state index in [2.05, 4.69) is 58.1 Å². The summed E-state index contributed by atoms with van der Waals surface area (Å²) in [5, 5.41) is 0. The summed E-state index contributed by atoms with van der Waals surface area (Å²) in [7, 11) is -0.835. The summed E-state index contributed by atoms with van der Waals surface area (Å²) in [5.41, 5.74) is 4.85. The van der Waals surface area contributed by atoms with Crippen LogP contribution in [0.1, 0.15) is 70.4 Å². The summed E-state index contributed by atoms with van der Waals surface area (Å²) in [4.78, 5) is 0. The molecule has 0 N–H and O–H groups in total. The van der Waals surface area contributed by atoms with Gasteiger partial charge >= 0.3 is 0 Å². The minimum absolute atomic E-state index is 0.0883. The second-order valence-corrected chi connectivity index (χ2v) is 13.1. The van der Waals surface area contributed by atoms with Gasteiger partial charge in [-0.3, -0.25) is 0 Å². The third-order valence-electron chi connectivity index (χ3n) is 7.29. The molecule has 153 valence electrons. The van der Waals surface area contributed by atoms with Crippen LogP contribution >= 0.6 is 11.6 Å². The van der Waals surface area contributed by atoms with E-state index in [9.17, 15) is 0 Å². The first kappa shape index (κ1) is 20.5. The zero-order chi connectivity index (χ0) is 20.1. The van der Waals surface area contributed by atoms with Crippen molar-refractivity contribution in [2.45, 2.75) is 83.2 Å². The molecule has 4 fully saturated rings. The molecule has 4 saturated carbocycles. The topological polar surface area (TPSA) is 9.23 Å². The molecule has 2 atom stereocenters. The number of halogens is 1. The predicted octanol–water partition coefficient (Wildman–Crippen LogP) is 7.25. The standard InChI is InChI=1S/C25H36ClOSi/c1-24(2,3)21-8-6-9-22(23(21)27-28(4)5)25-15-17-12-18(16-25)14-19(13-17)20(25)10-7-11-26/h6,8-10,17-19H,7,11-16H2,1-5H3. The molecular weight excluding hydrogens is 380 g/mol. The smallest absolute Gasteiger partial charge is 0.274 e. The number of hydrogen-bond donors (Lipinski definition) is 0. The van der Waals surface area contributed by atoms with Crippen molar-refractivity contribution in [3.05, 3.63) is 41.0 Å². The van der Waals surface area contributed by atoms with Gasteiger partial charge in [-0.05, 0) is 80.4 Å². The van der Waals surface area contributed by atoms with Gasteiger partial charge in [0, 0.05) is 16.9 Å². The molecule has 0 aliphatic heterocycles. The van der Waals surface area contributed by atoms with Crippen molar-refractivity contribution >= 4 is 20.6 Å². The highest BCUT2D eigenvalue weighted by atomic mass is 35.5. The third-order valence-corrected chi connectivity index (χ3v) is 8.12. The van der Waals surface area contributed by atoms with E-state index in [1.165, 1.54) is 49.0 Å². The third kappa shape index (κ3) is 3.49. The maximum atomic E-state index is 6.69. The molecule has 1 aromatic carbocycles. The van der Waals surface area contributed by atoms with Crippen LogP contribution in [0.3, 0.4) is 0 Å². The molecule has 1 radical (unpaired) electrons. The number of para-hydroxylation sites is 1. The van der Waals surface area contributed by atoms with Crippen LogP contribution in [-0.2, 0) is 10.8 Å². The Labute approximate surface area is 178 Å². The van der Waals surface area contributed by atoms with Crippen LogP contribution in [0.15, 0.2) is 29.8 Å². The van der Waals surface area contributed by atoms with Crippen molar-refractivity contribution in [2.75, 3.05) is 5.88 Å². The number of rotatable bonds is 5. The molecule has 0 amide bonds. The van der Waals surface area contributed by atoms with Gasteiger partial charge in [0.25, 0.3) is 9.04 Å². The quantitative estimate of drug-likeness (QED) is 0.279. The van der Waals surface area contributed by atoms with Crippen molar-refractivity contribution < 1.29 is 4.43 Å². The van der Waals surface area contributed by atoms with E-state index in [1.54, 1.807) is 5.57 Å². The van der Waals surface area contributed by atoms with E-state index >= 15 is 0 Å². The molecule has 0 heterocycles. The monoisotopic (exact) mass is 415 g/mol. The van der Waals surface area contributed by atoms with Gasteiger partial charge in [-0.1, -0.05) is 50.6 Å². The summed E-state index contributed by atoms with van der Waals surface area (Å²) >= 11 is 6.13. The van der Waals surface area contributed by atoms with Crippen molar-refractivity contribution in [3.63, 3.8) is 0 Å². The van der Waals surface area contributed by atoms with E-state index in [4.69, 9.17) is 16.0 Å². The van der Waals surface area contributed by atoms with E-state index in [0.717, 1.165) is 30.1 Å². The van der Waals surface area contributed by atoms with Gasteiger partial charge in [0.15, 0.2) is 0 Å². The second-order valence-electron chi connectivity index (χ2n) is 10.7. The summed E-state index contributed by atoms with van der Waals surface area (Å²) in [5.74, 6) is 4.50. The van der Waals surface area contributed by atoms with Crippen molar-refractivity contribution in [1.82, 2.24) is 0 Å². The average Bonchev–Trinajstić information content (AvgIpc) is 2.59. The minimum atomic E-state index is -0.835. The lowest BCUT2D eigenvalue weighted by Crippen LogP contribution is -2.50. The predicted molar refractivity (Wildman–Crippen MR) is 122 cm³/mol. The highest BCUT2D eigenvalue weighted by molar-refractivity contribution is 6.49. The molecule has 0 spiro atoms. The molecule has 3 heteroatoms. The molecule has 4 aliphatic carbocycles. The summed E-state index contributed by atoms with van der Waals surface area (Å²) in [6.07, 6.45) is 10.4. The Balaban J connectivity index is 1.90. The van der Waals surface area contributed by atoms with Gasteiger partial charge in [-0.25, -0.2) is 0 Å². The Morgan fingerprint density at radius 2 is 1.82 bits per heavy atom. The van der Waals surface area contributed by atoms with Gasteiger partial charge in [0.2, 0.25) is 0 Å². The normalized spacial score (nSPS) is 33.1. The number of hydrogen-bond acceptors (Lipinski definition) is 1. The molecular formula is C25H36ClOSi. The van der Waals surface area contributed by atoms with Gasteiger partial charge < -0.3 is 4.43 Å². The van der Waals surface area contributed by atoms with Gasteiger partial charge in [-0.2, -0.15) is 0 Å². The zero-order valence-electron chi connectivity index (χ0n) is 18.3. The highest BCUT2D eigenvalue weighted by Crippen LogP contribution is 2.65. The van der Waals surface area contributed by atoms with Crippen LogP contribution in [0, 0.1) is 17.8 Å². The fourth-order valence-electron chi connectivity index (χ4n) is 6.61. The summed E-state index contributed by atoms with van der Waals surface area (Å²) < 4.78 is 6.69. The summed E-state index contributed by atoms with van der Waals surface area (Å²) in [6.45, 7) is 11.5. The Bertz CT molecular complexity index is 746. The zero-order valence-corrected chi connectivity index (χ0v) is 20.0. The largest absolute Gasteiger partial charge is 0.542 e. The number of alkyl halides is 1. The van der Waals surface area contributed by atoms with Crippen molar-refractivity contribution in [1.29, 1.82) is 0 Å². The van der Waals surface area contributed by atoms with E-state index in [0.29, 0.717) is 0 Å². The first-order valence-electron chi connectivity index (χ1n) is 11.1. The van der Waals surface area contributed by atoms with Crippen molar-refractivity contribution in [3.8, 4) is 5.75 Å². The molecule has 0 saturated heterocycles. The van der Waals surface area contributed by atoms with Crippen molar-refractivity contribution in [2.24, 2.45) is 17.8 Å². The van der Waals surface area contributed by atoms with Crippen LogP contribution in [0.2, 0.25) is 13.1 Å². The van der Waals surface area contributed by atoms with E-state index in [1.807, 2.05) is 0 Å². The van der Waals surface area contributed by atoms with Gasteiger partial charge in [0.1, 0.15) is 5.75 Å². The van der Waals surface area contributed by atoms with Crippen LogP contribution in [0.25, 0.3) is 0 Å². The second kappa shape index (κ2) is 7.51. The van der Waals surface area contributed by atoms with Crippen LogP contribution in [-0.4, -0.2) is 14.9 Å². The molecule has 2 unspecified atom stereocenters. The Hall–Kier alpha value is -0.733. The first-order valence-corrected chi connectivity index (χ1v) is 14.1. The van der Waals surface area contributed by atoms with E-state index in [-0.39, 0.29) is 10.8 Å². The van der Waals surface area contributed by atoms with Crippen LogP contribution in [0.4, 0.5) is 0 Å². The van der Waals surface area contributed by atoms with Crippen LogP contribution < -0.4 is 4.43 Å². The van der Waals surface area contributed by atoms with E-state index < -0.39 is 9.04 Å². The molecule has 0 aromatic heterocycles. The molecule has 28 heavy (non-hydrogen) atoms. The highest BCUT2D eigenvalue weighted by Gasteiger charge is 2.55. The minimum Gasteiger partial charge on any atom is -0.542 e. The Morgan fingerprint density at radius 1 is 1.14 bits per heavy atom. The lowest BCUT2D eigenvalue weighted by atomic mass is 9.45. The first-order chi connectivity index (χ1) is 13.2. The fourth-order valence-corrected chi connectivity index (χ4v) is 7.35. The molecule has 1 nitrogen and oxygen atoms in total. The molecule has 5 rings (SSSR count). The SMILES string of the molecule is C[Si](C)Oc1c(C(C)(C)C)cccc1C12CC3CC(CC(C3)C1=CCCCl)C2. The number of benzene rings is 1. The van der Waals surface area contributed by atoms with Gasteiger partial charge in [0.05, 0.1) is 0 Å². The molecule has 1 aromatic rings. The molecule has 4 bridgehead atoms. The maximum absolute atomic E-state index is 6.69. The van der Waals surface area contributed by atoms with Crippen LogP contribution in [0.5, 0.6) is 5.75 Å². The number of allylic oxidation sites excluding steroid dienone is 2. The lowest BCUT2D eigenvalue weighted by Gasteiger charge is -2.59.